The normalized spacial score (nSPS) is 27.0. The molecule has 1 unspecified atom stereocenters. The van der Waals surface area contributed by atoms with Crippen LogP contribution in [0.5, 0.6) is 0 Å². The van der Waals surface area contributed by atoms with Crippen molar-refractivity contribution in [2.24, 2.45) is 5.92 Å². The molecular formula is C18H27N3O3. The number of morpholine rings is 1. The Balaban J connectivity index is 1.50. The fourth-order valence-electron chi connectivity index (χ4n) is 3.63. The van der Waals surface area contributed by atoms with E-state index in [9.17, 15) is 4.79 Å². The maximum Gasteiger partial charge on any atom is 0.248 e. The summed E-state index contributed by atoms with van der Waals surface area (Å²) >= 11 is 0. The highest BCUT2D eigenvalue weighted by Gasteiger charge is 2.40. The van der Waals surface area contributed by atoms with Crippen LogP contribution in [0.1, 0.15) is 18.4 Å². The van der Waals surface area contributed by atoms with E-state index in [1.165, 1.54) is 5.56 Å². The smallest absolute Gasteiger partial charge is 0.248 e. The molecule has 3 atom stereocenters. The zero-order chi connectivity index (χ0) is 16.9. The predicted molar refractivity (Wildman–Crippen MR) is 90.4 cm³/mol. The molecule has 1 saturated carbocycles. The van der Waals surface area contributed by atoms with Crippen molar-refractivity contribution >= 4 is 5.91 Å². The van der Waals surface area contributed by atoms with Gasteiger partial charge in [-0.05, 0) is 30.4 Å². The second kappa shape index (κ2) is 8.05. The van der Waals surface area contributed by atoms with Gasteiger partial charge in [-0.3, -0.25) is 14.7 Å². The zero-order valence-electron chi connectivity index (χ0n) is 14.6. The van der Waals surface area contributed by atoms with Crippen LogP contribution in [0, 0.1) is 5.92 Å². The number of carbonyl (C=O) groups excluding carboxylic acids is 1. The fourth-order valence-corrected chi connectivity index (χ4v) is 3.63. The van der Waals surface area contributed by atoms with Crippen LogP contribution >= 0.6 is 0 Å². The van der Waals surface area contributed by atoms with Gasteiger partial charge in [0.05, 0.1) is 19.3 Å². The highest BCUT2D eigenvalue weighted by Crippen LogP contribution is 2.35. The molecule has 0 radical (unpaired) electrons. The summed E-state index contributed by atoms with van der Waals surface area (Å²) in [5.74, 6) is 0.476. The lowest BCUT2D eigenvalue weighted by Gasteiger charge is -2.37. The van der Waals surface area contributed by atoms with Gasteiger partial charge in [-0.25, -0.2) is 0 Å². The Morgan fingerprint density at radius 2 is 2.33 bits per heavy atom. The molecule has 0 aromatic carbocycles. The van der Waals surface area contributed by atoms with Crippen LogP contribution in [0.2, 0.25) is 0 Å². The van der Waals surface area contributed by atoms with E-state index in [0.29, 0.717) is 18.6 Å². The minimum atomic E-state index is 0.0138. The summed E-state index contributed by atoms with van der Waals surface area (Å²) in [7, 11) is 3.50. The third kappa shape index (κ3) is 4.32. The average molecular weight is 333 g/mol. The minimum absolute atomic E-state index is 0.0138. The highest BCUT2D eigenvalue weighted by molar-refractivity contribution is 5.76. The lowest BCUT2D eigenvalue weighted by molar-refractivity contribution is -0.134. The lowest BCUT2D eigenvalue weighted by atomic mass is 10.1. The molecule has 1 amide bonds. The SMILES string of the molecule is CN(C)C(=O)COCC1C[C@@H]2[C@@H](C1)OCCN2Cc1cccnc1. The van der Waals surface area contributed by atoms with Gasteiger partial charge in [0.1, 0.15) is 6.61 Å². The van der Waals surface area contributed by atoms with E-state index in [0.717, 1.165) is 32.5 Å². The Bertz CT molecular complexity index is 538. The zero-order valence-corrected chi connectivity index (χ0v) is 14.6. The summed E-state index contributed by atoms with van der Waals surface area (Å²) in [6.45, 7) is 3.47. The maximum atomic E-state index is 11.6. The summed E-state index contributed by atoms with van der Waals surface area (Å²) in [5, 5.41) is 0. The number of hydrogen-bond donors (Lipinski definition) is 0. The number of hydrogen-bond acceptors (Lipinski definition) is 5. The molecule has 6 heteroatoms. The average Bonchev–Trinajstić information content (AvgIpc) is 2.99. The van der Waals surface area contributed by atoms with Gasteiger partial charge in [0, 0.05) is 45.6 Å². The van der Waals surface area contributed by atoms with Crippen LogP contribution in [0.3, 0.4) is 0 Å². The van der Waals surface area contributed by atoms with E-state index in [1.807, 2.05) is 18.5 Å². The van der Waals surface area contributed by atoms with Crippen molar-refractivity contribution in [3.63, 3.8) is 0 Å². The van der Waals surface area contributed by atoms with Gasteiger partial charge in [-0.1, -0.05) is 6.07 Å². The summed E-state index contributed by atoms with van der Waals surface area (Å²) in [6, 6.07) is 4.55. The third-order valence-corrected chi connectivity index (χ3v) is 4.94. The van der Waals surface area contributed by atoms with Crippen LogP contribution in [-0.2, 0) is 20.8 Å². The Labute approximate surface area is 143 Å². The van der Waals surface area contributed by atoms with Gasteiger partial charge in [-0.15, -0.1) is 0 Å². The van der Waals surface area contributed by atoms with E-state index >= 15 is 0 Å². The number of ether oxygens (including phenoxy) is 2. The van der Waals surface area contributed by atoms with Crippen molar-refractivity contribution in [2.75, 3.05) is 40.5 Å². The molecule has 1 aromatic rings. The molecule has 2 aliphatic rings. The van der Waals surface area contributed by atoms with E-state index in [4.69, 9.17) is 9.47 Å². The minimum Gasteiger partial charge on any atom is -0.375 e. The number of nitrogens with zero attached hydrogens (tertiary/aromatic N) is 3. The molecule has 1 aliphatic carbocycles. The van der Waals surface area contributed by atoms with Crippen LogP contribution in [0.25, 0.3) is 0 Å². The first kappa shape index (κ1) is 17.3. The van der Waals surface area contributed by atoms with Crippen LogP contribution in [-0.4, -0.2) is 73.3 Å². The van der Waals surface area contributed by atoms with Crippen molar-refractivity contribution in [1.29, 1.82) is 0 Å². The number of likely N-dealkylation sites (N-methyl/N-ethyl adjacent to an activating group) is 1. The topological polar surface area (TPSA) is 54.9 Å². The summed E-state index contributed by atoms with van der Waals surface area (Å²) in [4.78, 5) is 19.9. The Hall–Kier alpha value is -1.50. The number of carbonyl (C=O) groups is 1. The lowest BCUT2D eigenvalue weighted by Crippen LogP contribution is -2.47. The Morgan fingerprint density at radius 1 is 1.46 bits per heavy atom. The van der Waals surface area contributed by atoms with Crippen LogP contribution in [0.15, 0.2) is 24.5 Å². The second-order valence-electron chi connectivity index (χ2n) is 6.95. The van der Waals surface area contributed by atoms with Gasteiger partial charge in [-0.2, -0.15) is 0 Å². The Morgan fingerprint density at radius 3 is 3.08 bits per heavy atom. The predicted octanol–water partition coefficient (Wildman–Crippen LogP) is 1.17. The molecule has 3 rings (SSSR count). The summed E-state index contributed by atoms with van der Waals surface area (Å²) in [6.07, 6.45) is 6.12. The second-order valence-corrected chi connectivity index (χ2v) is 6.95. The first-order chi connectivity index (χ1) is 11.6. The molecule has 24 heavy (non-hydrogen) atoms. The number of rotatable bonds is 6. The molecule has 1 saturated heterocycles. The van der Waals surface area contributed by atoms with Crippen molar-refractivity contribution in [1.82, 2.24) is 14.8 Å². The van der Waals surface area contributed by atoms with E-state index in [-0.39, 0.29) is 18.6 Å². The van der Waals surface area contributed by atoms with Crippen LogP contribution < -0.4 is 0 Å². The number of amides is 1. The molecule has 1 aromatic heterocycles. The highest BCUT2D eigenvalue weighted by atomic mass is 16.5. The van der Waals surface area contributed by atoms with Crippen LogP contribution in [0.4, 0.5) is 0 Å². The molecule has 132 valence electrons. The van der Waals surface area contributed by atoms with E-state index < -0.39 is 0 Å². The largest absolute Gasteiger partial charge is 0.375 e. The number of pyridine rings is 1. The van der Waals surface area contributed by atoms with Gasteiger partial charge >= 0.3 is 0 Å². The third-order valence-electron chi connectivity index (χ3n) is 4.94. The summed E-state index contributed by atoms with van der Waals surface area (Å²) < 4.78 is 11.6. The molecule has 0 N–H and O–H groups in total. The maximum absolute atomic E-state index is 11.6. The first-order valence-electron chi connectivity index (χ1n) is 8.66. The number of aromatic nitrogens is 1. The molecule has 2 heterocycles. The van der Waals surface area contributed by atoms with Crippen molar-refractivity contribution in [2.45, 2.75) is 31.5 Å². The van der Waals surface area contributed by atoms with Gasteiger partial charge in [0.2, 0.25) is 5.91 Å². The first-order valence-corrected chi connectivity index (χ1v) is 8.66. The van der Waals surface area contributed by atoms with Crippen molar-refractivity contribution in [3.8, 4) is 0 Å². The fraction of sp³-hybridized carbons (Fsp3) is 0.667. The molecular weight excluding hydrogens is 306 g/mol. The monoisotopic (exact) mass is 333 g/mol. The molecule has 6 nitrogen and oxygen atoms in total. The van der Waals surface area contributed by atoms with Crippen molar-refractivity contribution < 1.29 is 14.3 Å². The van der Waals surface area contributed by atoms with E-state index in [1.54, 1.807) is 19.0 Å². The molecule has 2 fully saturated rings. The molecule has 0 spiro atoms. The number of fused-ring (bicyclic) bond motifs is 1. The molecule has 0 bridgehead atoms. The van der Waals surface area contributed by atoms with Gasteiger partial charge in [0.15, 0.2) is 0 Å². The van der Waals surface area contributed by atoms with Gasteiger partial charge in [0.25, 0.3) is 0 Å². The standard InChI is InChI=1S/C18H27N3O3/c1-20(2)18(22)13-23-12-15-8-16-17(9-15)24-7-6-21(16)11-14-4-3-5-19-10-14/h3-5,10,15-17H,6-9,11-13H2,1-2H3/t15?,16-,17-/m1/s1. The van der Waals surface area contributed by atoms with Crippen molar-refractivity contribution in [3.05, 3.63) is 30.1 Å². The Kier molecular flexibility index (Phi) is 5.81. The molecule has 1 aliphatic heterocycles. The quantitative estimate of drug-likeness (QED) is 0.782. The summed E-state index contributed by atoms with van der Waals surface area (Å²) in [5.41, 5.74) is 1.24. The van der Waals surface area contributed by atoms with Gasteiger partial charge < -0.3 is 14.4 Å². The van der Waals surface area contributed by atoms with E-state index in [2.05, 4.69) is 16.0 Å².